The number of phenols is 1. The largest absolute Gasteiger partial charge is 0.507 e. The van der Waals surface area contributed by atoms with Gasteiger partial charge in [0, 0.05) is 11.4 Å². The van der Waals surface area contributed by atoms with Gasteiger partial charge in [0.05, 0.1) is 0 Å². The Labute approximate surface area is 97.1 Å². The van der Waals surface area contributed by atoms with Crippen LogP contribution in [0.25, 0.3) is 0 Å². The molecule has 1 rings (SSSR count). The molecule has 15 heavy (non-hydrogen) atoms. The summed E-state index contributed by atoms with van der Waals surface area (Å²) < 4.78 is 0. The Bertz CT molecular complexity index is 375. The monoisotopic (exact) mass is 226 g/mol. The molecule has 1 N–H and O–H groups in total. The number of rotatable bonds is 1. The molecule has 0 unspecified atom stereocenters. The van der Waals surface area contributed by atoms with E-state index >= 15 is 0 Å². The van der Waals surface area contributed by atoms with E-state index in [1.165, 1.54) is 0 Å². The maximum Gasteiger partial charge on any atom is 0.122 e. The third kappa shape index (κ3) is 2.28. The van der Waals surface area contributed by atoms with Crippen LogP contribution in [-0.2, 0) is 11.3 Å². The summed E-state index contributed by atoms with van der Waals surface area (Å²) in [4.78, 5) is 0. The highest BCUT2D eigenvalue weighted by atomic mass is 35.5. The van der Waals surface area contributed by atoms with E-state index in [0.29, 0.717) is 11.6 Å². The van der Waals surface area contributed by atoms with Crippen LogP contribution in [0, 0.1) is 13.8 Å². The van der Waals surface area contributed by atoms with Crippen LogP contribution in [0.15, 0.2) is 6.07 Å². The summed E-state index contributed by atoms with van der Waals surface area (Å²) >= 11 is 5.96. The summed E-state index contributed by atoms with van der Waals surface area (Å²) in [5, 5.41) is 10.1. The molecule has 1 aromatic rings. The zero-order valence-corrected chi connectivity index (χ0v) is 10.9. The fourth-order valence-corrected chi connectivity index (χ4v) is 2.34. The van der Waals surface area contributed by atoms with E-state index in [4.69, 9.17) is 11.6 Å². The van der Waals surface area contributed by atoms with E-state index in [0.717, 1.165) is 22.3 Å². The number of halogens is 1. The van der Waals surface area contributed by atoms with E-state index in [1.807, 2.05) is 19.9 Å². The molecule has 0 spiro atoms. The highest BCUT2D eigenvalue weighted by molar-refractivity contribution is 6.17. The lowest BCUT2D eigenvalue weighted by Gasteiger charge is -2.26. The van der Waals surface area contributed by atoms with Crippen LogP contribution < -0.4 is 0 Å². The molecule has 0 aliphatic rings. The van der Waals surface area contributed by atoms with Gasteiger partial charge in [0.25, 0.3) is 0 Å². The average molecular weight is 227 g/mol. The van der Waals surface area contributed by atoms with Crippen molar-refractivity contribution in [3.05, 3.63) is 28.3 Å². The smallest absolute Gasteiger partial charge is 0.122 e. The SMILES string of the molecule is Cc1cc(C)c(CCl)c(C(C)(C)C)c1O. The Morgan fingerprint density at radius 3 is 2.13 bits per heavy atom. The second kappa shape index (κ2) is 4.05. The van der Waals surface area contributed by atoms with Gasteiger partial charge in [-0.2, -0.15) is 0 Å². The molecule has 0 bridgehead atoms. The fraction of sp³-hybridized carbons (Fsp3) is 0.538. The van der Waals surface area contributed by atoms with Crippen LogP contribution in [0.2, 0.25) is 0 Å². The minimum Gasteiger partial charge on any atom is -0.507 e. The van der Waals surface area contributed by atoms with Gasteiger partial charge < -0.3 is 5.11 Å². The first-order valence-corrected chi connectivity index (χ1v) is 5.71. The van der Waals surface area contributed by atoms with Crippen LogP contribution in [0.5, 0.6) is 5.75 Å². The predicted molar refractivity (Wildman–Crippen MR) is 65.8 cm³/mol. The molecule has 0 aromatic heterocycles. The van der Waals surface area contributed by atoms with Gasteiger partial charge >= 0.3 is 0 Å². The molecule has 0 saturated carbocycles. The first-order valence-electron chi connectivity index (χ1n) is 5.17. The van der Waals surface area contributed by atoms with Crippen molar-refractivity contribution in [2.45, 2.75) is 45.9 Å². The van der Waals surface area contributed by atoms with Gasteiger partial charge in [-0.25, -0.2) is 0 Å². The fourth-order valence-electron chi connectivity index (χ4n) is 2.00. The van der Waals surface area contributed by atoms with Gasteiger partial charge in [0.2, 0.25) is 0 Å². The van der Waals surface area contributed by atoms with E-state index in [1.54, 1.807) is 0 Å². The first kappa shape index (κ1) is 12.4. The molecular weight excluding hydrogens is 208 g/mol. The van der Waals surface area contributed by atoms with E-state index < -0.39 is 0 Å². The van der Waals surface area contributed by atoms with Crippen molar-refractivity contribution in [1.29, 1.82) is 0 Å². The van der Waals surface area contributed by atoms with Gasteiger partial charge in [-0.3, -0.25) is 0 Å². The Morgan fingerprint density at radius 1 is 1.20 bits per heavy atom. The molecule has 0 atom stereocenters. The summed E-state index contributed by atoms with van der Waals surface area (Å²) in [5.74, 6) is 0.843. The van der Waals surface area contributed by atoms with Crippen molar-refractivity contribution in [2.75, 3.05) is 0 Å². The number of benzene rings is 1. The van der Waals surface area contributed by atoms with Crippen molar-refractivity contribution in [3.8, 4) is 5.75 Å². The standard InChI is InChI=1S/C13H19ClO/c1-8-6-9(2)12(15)11(10(8)7-14)13(3,4)5/h6,15H,7H2,1-5H3. The van der Waals surface area contributed by atoms with Crippen molar-refractivity contribution in [2.24, 2.45) is 0 Å². The van der Waals surface area contributed by atoms with E-state index in [9.17, 15) is 5.11 Å². The Morgan fingerprint density at radius 2 is 1.73 bits per heavy atom. The lowest BCUT2D eigenvalue weighted by atomic mass is 9.81. The summed E-state index contributed by atoms with van der Waals surface area (Å²) in [5.41, 5.74) is 4.05. The van der Waals surface area contributed by atoms with Crippen molar-refractivity contribution in [3.63, 3.8) is 0 Å². The summed E-state index contributed by atoms with van der Waals surface area (Å²) in [6.07, 6.45) is 0. The molecule has 1 nitrogen and oxygen atoms in total. The second-order valence-electron chi connectivity index (χ2n) is 5.10. The van der Waals surface area contributed by atoms with Crippen LogP contribution in [0.3, 0.4) is 0 Å². The molecule has 0 fully saturated rings. The molecule has 84 valence electrons. The Hall–Kier alpha value is -0.690. The summed E-state index contributed by atoms with van der Waals surface area (Å²) in [6.45, 7) is 10.2. The lowest BCUT2D eigenvalue weighted by molar-refractivity contribution is 0.441. The Kier molecular flexibility index (Phi) is 3.34. The van der Waals surface area contributed by atoms with Gasteiger partial charge in [0.1, 0.15) is 5.75 Å². The first-order chi connectivity index (χ1) is 6.79. The number of hydrogen-bond donors (Lipinski definition) is 1. The number of phenolic OH excluding ortho intramolecular Hbond substituents is 1. The predicted octanol–water partition coefficient (Wildman–Crippen LogP) is 4.05. The van der Waals surface area contributed by atoms with Crippen LogP contribution >= 0.6 is 11.6 Å². The molecule has 0 aliphatic heterocycles. The maximum atomic E-state index is 10.1. The average Bonchev–Trinajstić information content (AvgIpc) is 2.08. The summed E-state index contributed by atoms with van der Waals surface area (Å²) in [6, 6.07) is 1.99. The highest BCUT2D eigenvalue weighted by Gasteiger charge is 2.24. The van der Waals surface area contributed by atoms with Crippen LogP contribution in [0.1, 0.15) is 43.0 Å². The van der Waals surface area contributed by atoms with Crippen LogP contribution in [-0.4, -0.2) is 5.11 Å². The molecule has 0 saturated heterocycles. The van der Waals surface area contributed by atoms with Gasteiger partial charge in [-0.05, 0) is 36.0 Å². The Balaban J connectivity index is 3.59. The number of aromatic hydroxyl groups is 1. The van der Waals surface area contributed by atoms with E-state index in [2.05, 4.69) is 20.8 Å². The van der Waals surface area contributed by atoms with Crippen molar-refractivity contribution < 1.29 is 5.11 Å². The topological polar surface area (TPSA) is 20.2 Å². The number of aryl methyl sites for hydroxylation is 2. The maximum absolute atomic E-state index is 10.1. The minimum atomic E-state index is -0.0783. The molecule has 0 aliphatic carbocycles. The summed E-state index contributed by atoms with van der Waals surface area (Å²) in [7, 11) is 0. The lowest BCUT2D eigenvalue weighted by Crippen LogP contribution is -2.15. The molecule has 0 amide bonds. The van der Waals surface area contributed by atoms with Crippen LogP contribution in [0.4, 0.5) is 0 Å². The molecule has 2 heteroatoms. The normalized spacial score (nSPS) is 11.9. The zero-order valence-electron chi connectivity index (χ0n) is 10.1. The minimum absolute atomic E-state index is 0.0783. The second-order valence-corrected chi connectivity index (χ2v) is 5.36. The number of alkyl halides is 1. The van der Waals surface area contributed by atoms with Gasteiger partial charge in [-0.15, -0.1) is 11.6 Å². The van der Waals surface area contributed by atoms with Gasteiger partial charge in [-0.1, -0.05) is 26.8 Å². The third-order valence-electron chi connectivity index (χ3n) is 2.70. The molecule has 0 heterocycles. The zero-order chi connectivity index (χ0) is 11.8. The quantitative estimate of drug-likeness (QED) is 0.717. The third-order valence-corrected chi connectivity index (χ3v) is 2.97. The molecular formula is C13H19ClO. The number of hydrogen-bond acceptors (Lipinski definition) is 1. The van der Waals surface area contributed by atoms with Gasteiger partial charge in [0.15, 0.2) is 0 Å². The van der Waals surface area contributed by atoms with E-state index in [-0.39, 0.29) is 5.41 Å². The molecule has 1 aromatic carbocycles. The molecule has 0 radical (unpaired) electrons. The van der Waals surface area contributed by atoms with Crippen molar-refractivity contribution in [1.82, 2.24) is 0 Å². The van der Waals surface area contributed by atoms with Crippen molar-refractivity contribution >= 4 is 11.6 Å². The highest BCUT2D eigenvalue weighted by Crippen LogP contribution is 2.38.